The molecule has 1 aliphatic heterocycles. The normalized spacial score (nSPS) is 16.6. The summed E-state index contributed by atoms with van der Waals surface area (Å²) in [5, 5.41) is 3.37. The molecule has 3 rings (SSSR count). The number of rotatable bonds is 4. The van der Waals surface area contributed by atoms with Crippen molar-refractivity contribution in [3.8, 4) is 11.6 Å². The zero-order valence-electron chi connectivity index (χ0n) is 14.2. The quantitative estimate of drug-likeness (QED) is 0.901. The molecule has 132 valence electrons. The first-order chi connectivity index (χ1) is 12.0. The van der Waals surface area contributed by atoms with Gasteiger partial charge in [-0.1, -0.05) is 17.7 Å². The summed E-state index contributed by atoms with van der Waals surface area (Å²) in [6.45, 7) is 3.10. The lowest BCUT2D eigenvalue weighted by Crippen LogP contribution is -2.34. The lowest BCUT2D eigenvalue weighted by atomic mass is 10.3. The van der Waals surface area contributed by atoms with Gasteiger partial charge in [0, 0.05) is 30.3 Å². The number of pyridine rings is 1. The largest absolute Gasteiger partial charge is 0.495 e. The van der Waals surface area contributed by atoms with Gasteiger partial charge in [0.15, 0.2) is 0 Å². The van der Waals surface area contributed by atoms with Gasteiger partial charge in [0.25, 0.3) is 0 Å². The minimum absolute atomic E-state index is 0.0674. The van der Waals surface area contributed by atoms with E-state index in [0.29, 0.717) is 35.4 Å². The number of halogens is 1. The molecule has 2 heterocycles. The second-order valence-corrected chi connectivity index (χ2v) is 6.36. The third-order valence-corrected chi connectivity index (χ3v) is 4.24. The molecule has 1 fully saturated rings. The van der Waals surface area contributed by atoms with Crippen LogP contribution in [-0.4, -0.2) is 42.2 Å². The zero-order chi connectivity index (χ0) is 17.8. The van der Waals surface area contributed by atoms with Gasteiger partial charge in [0.05, 0.1) is 19.3 Å². The molecule has 1 unspecified atom stereocenters. The predicted octanol–water partition coefficient (Wildman–Crippen LogP) is 3.74. The van der Waals surface area contributed by atoms with E-state index in [2.05, 4.69) is 10.3 Å². The summed E-state index contributed by atoms with van der Waals surface area (Å²) in [6, 6.07) is 8.69. The van der Waals surface area contributed by atoms with Gasteiger partial charge in [0.1, 0.15) is 11.9 Å². The molecular weight excluding hydrogens is 342 g/mol. The standard InChI is InChI=1S/C18H20ClN3O3/c1-12-3-6-17(20-10-12)25-14-7-8-22(11-14)18(23)21-15-9-13(19)4-5-16(15)24-2/h3-6,9-10,14H,7-8,11H2,1-2H3,(H,21,23). The fourth-order valence-electron chi connectivity index (χ4n) is 2.68. The number of anilines is 1. The van der Waals surface area contributed by atoms with Crippen LogP contribution in [0, 0.1) is 6.92 Å². The summed E-state index contributed by atoms with van der Waals surface area (Å²) in [6.07, 6.45) is 2.46. The number of carbonyl (C=O) groups is 1. The SMILES string of the molecule is COc1ccc(Cl)cc1NC(=O)N1CCC(Oc2ccc(C)cn2)C1. The maximum Gasteiger partial charge on any atom is 0.322 e. The molecule has 0 aliphatic carbocycles. The van der Waals surface area contributed by atoms with Crippen molar-refractivity contribution < 1.29 is 14.3 Å². The number of ether oxygens (including phenoxy) is 2. The minimum Gasteiger partial charge on any atom is -0.495 e. The first-order valence-electron chi connectivity index (χ1n) is 8.04. The number of likely N-dealkylation sites (tertiary alicyclic amines) is 1. The number of aromatic nitrogens is 1. The van der Waals surface area contributed by atoms with Gasteiger partial charge in [0.2, 0.25) is 5.88 Å². The van der Waals surface area contributed by atoms with Gasteiger partial charge in [-0.25, -0.2) is 9.78 Å². The van der Waals surface area contributed by atoms with E-state index in [9.17, 15) is 4.79 Å². The molecule has 0 saturated carbocycles. The smallest absolute Gasteiger partial charge is 0.322 e. The predicted molar refractivity (Wildman–Crippen MR) is 96.6 cm³/mol. The number of nitrogens with zero attached hydrogens (tertiary/aromatic N) is 2. The minimum atomic E-state index is -0.205. The van der Waals surface area contributed by atoms with Crippen LogP contribution in [0.1, 0.15) is 12.0 Å². The van der Waals surface area contributed by atoms with E-state index in [1.54, 1.807) is 36.4 Å². The van der Waals surface area contributed by atoms with E-state index in [-0.39, 0.29) is 12.1 Å². The molecule has 0 radical (unpaired) electrons. The van der Waals surface area contributed by atoms with Crippen molar-refractivity contribution in [1.82, 2.24) is 9.88 Å². The van der Waals surface area contributed by atoms with Crippen LogP contribution in [0.2, 0.25) is 5.02 Å². The highest BCUT2D eigenvalue weighted by Gasteiger charge is 2.28. The number of hydrogen-bond donors (Lipinski definition) is 1. The fourth-order valence-corrected chi connectivity index (χ4v) is 2.85. The first kappa shape index (κ1) is 17.4. The van der Waals surface area contributed by atoms with Crippen LogP contribution in [0.4, 0.5) is 10.5 Å². The third-order valence-electron chi connectivity index (χ3n) is 4.01. The topological polar surface area (TPSA) is 63.7 Å². The van der Waals surface area contributed by atoms with Crippen molar-refractivity contribution in [3.63, 3.8) is 0 Å². The van der Waals surface area contributed by atoms with Gasteiger partial charge >= 0.3 is 6.03 Å². The number of benzene rings is 1. The van der Waals surface area contributed by atoms with Crippen LogP contribution < -0.4 is 14.8 Å². The molecule has 1 aromatic carbocycles. The maximum absolute atomic E-state index is 12.5. The van der Waals surface area contributed by atoms with Gasteiger partial charge in [-0.3, -0.25) is 0 Å². The van der Waals surface area contributed by atoms with Crippen LogP contribution in [-0.2, 0) is 0 Å². The molecule has 1 atom stereocenters. The van der Waals surface area contributed by atoms with Crippen molar-refractivity contribution in [2.45, 2.75) is 19.4 Å². The van der Waals surface area contributed by atoms with Crippen molar-refractivity contribution in [3.05, 3.63) is 47.1 Å². The maximum atomic E-state index is 12.5. The Labute approximate surface area is 151 Å². The second kappa shape index (κ2) is 7.61. The number of amides is 2. The van der Waals surface area contributed by atoms with Gasteiger partial charge < -0.3 is 19.7 Å². The summed E-state index contributed by atoms with van der Waals surface area (Å²) in [4.78, 5) is 18.4. The number of hydrogen-bond acceptors (Lipinski definition) is 4. The molecule has 0 bridgehead atoms. The molecule has 1 N–H and O–H groups in total. The van der Waals surface area contributed by atoms with Crippen LogP contribution >= 0.6 is 11.6 Å². The Morgan fingerprint density at radius 2 is 2.20 bits per heavy atom. The first-order valence-corrected chi connectivity index (χ1v) is 8.42. The molecular formula is C18H20ClN3O3. The zero-order valence-corrected chi connectivity index (χ0v) is 14.9. The van der Waals surface area contributed by atoms with E-state index < -0.39 is 0 Å². The molecule has 25 heavy (non-hydrogen) atoms. The lowest BCUT2D eigenvalue weighted by molar-refractivity contribution is 0.190. The van der Waals surface area contributed by atoms with E-state index in [4.69, 9.17) is 21.1 Å². The van der Waals surface area contributed by atoms with Gasteiger partial charge in [-0.15, -0.1) is 0 Å². The average molecular weight is 362 g/mol. The summed E-state index contributed by atoms with van der Waals surface area (Å²) in [7, 11) is 1.55. The van der Waals surface area contributed by atoms with Crippen LogP contribution in [0.25, 0.3) is 0 Å². The number of methoxy groups -OCH3 is 1. The van der Waals surface area contributed by atoms with Crippen LogP contribution in [0.5, 0.6) is 11.6 Å². The molecule has 7 heteroatoms. The number of aryl methyl sites for hydroxylation is 1. The highest BCUT2D eigenvalue weighted by molar-refractivity contribution is 6.31. The van der Waals surface area contributed by atoms with E-state index in [1.807, 2.05) is 19.1 Å². The molecule has 2 amide bonds. The van der Waals surface area contributed by atoms with Crippen LogP contribution in [0.3, 0.4) is 0 Å². The second-order valence-electron chi connectivity index (χ2n) is 5.92. The highest BCUT2D eigenvalue weighted by Crippen LogP contribution is 2.28. The molecule has 0 spiro atoms. The van der Waals surface area contributed by atoms with Crippen molar-refractivity contribution >= 4 is 23.3 Å². The van der Waals surface area contributed by atoms with Crippen LogP contribution in [0.15, 0.2) is 36.5 Å². The van der Waals surface area contributed by atoms with Crippen molar-refractivity contribution in [2.75, 3.05) is 25.5 Å². The Balaban J connectivity index is 1.59. The summed E-state index contributed by atoms with van der Waals surface area (Å²) in [5.74, 6) is 1.14. The Bertz CT molecular complexity index is 752. The Hall–Kier alpha value is -2.47. The van der Waals surface area contributed by atoms with E-state index >= 15 is 0 Å². The molecule has 6 nitrogen and oxygen atoms in total. The molecule has 1 aliphatic rings. The third kappa shape index (κ3) is 4.33. The summed E-state index contributed by atoms with van der Waals surface area (Å²) < 4.78 is 11.1. The monoisotopic (exact) mass is 361 g/mol. The van der Waals surface area contributed by atoms with E-state index in [0.717, 1.165) is 12.0 Å². The summed E-state index contributed by atoms with van der Waals surface area (Å²) >= 11 is 5.99. The molecule has 1 aromatic heterocycles. The Morgan fingerprint density at radius 1 is 1.36 bits per heavy atom. The molecule has 1 saturated heterocycles. The Morgan fingerprint density at radius 3 is 2.92 bits per heavy atom. The number of nitrogens with one attached hydrogen (secondary N) is 1. The van der Waals surface area contributed by atoms with Crippen molar-refractivity contribution in [2.24, 2.45) is 0 Å². The summed E-state index contributed by atoms with van der Waals surface area (Å²) in [5.41, 5.74) is 1.62. The number of urea groups is 1. The average Bonchev–Trinajstić information content (AvgIpc) is 3.06. The molecule has 2 aromatic rings. The van der Waals surface area contributed by atoms with Crippen molar-refractivity contribution in [1.29, 1.82) is 0 Å². The number of carbonyl (C=O) groups excluding carboxylic acids is 1. The van der Waals surface area contributed by atoms with Gasteiger partial charge in [-0.05, 0) is 30.7 Å². The highest BCUT2D eigenvalue weighted by atomic mass is 35.5. The lowest BCUT2D eigenvalue weighted by Gasteiger charge is -2.19. The van der Waals surface area contributed by atoms with E-state index in [1.165, 1.54) is 0 Å². The Kier molecular flexibility index (Phi) is 5.28. The van der Waals surface area contributed by atoms with Gasteiger partial charge in [-0.2, -0.15) is 0 Å². The fraction of sp³-hybridized carbons (Fsp3) is 0.333.